The topological polar surface area (TPSA) is 46.3 Å². The summed E-state index contributed by atoms with van der Waals surface area (Å²) >= 11 is 0. The molecule has 1 aliphatic rings. The zero-order chi connectivity index (χ0) is 14.1. The van der Waals surface area contributed by atoms with Gasteiger partial charge in [0.15, 0.2) is 0 Å². The van der Waals surface area contributed by atoms with Crippen LogP contribution in [-0.4, -0.2) is 13.0 Å². The number of hydrogen-bond acceptors (Lipinski definition) is 2. The second-order valence-electron chi connectivity index (χ2n) is 5.23. The normalized spacial score (nSPS) is 16.2. The molecule has 0 heterocycles. The molecule has 1 amide bonds. The maximum Gasteiger partial charge on any atom is 0.234 e. The van der Waals surface area contributed by atoms with Crippen molar-refractivity contribution in [1.29, 1.82) is 0 Å². The molecule has 20 heavy (non-hydrogen) atoms. The first kappa shape index (κ1) is 12.9. The van der Waals surface area contributed by atoms with E-state index in [9.17, 15) is 4.79 Å². The molecule has 0 radical (unpaired) electrons. The summed E-state index contributed by atoms with van der Waals surface area (Å²) in [4.78, 5) is 14.3. The molecule has 3 heteroatoms. The summed E-state index contributed by atoms with van der Waals surface area (Å²) < 4.78 is 0. The molecule has 0 fully saturated rings. The predicted octanol–water partition coefficient (Wildman–Crippen LogP) is 2.45. The third-order valence-corrected chi connectivity index (χ3v) is 4.02. The molecule has 0 saturated heterocycles. The summed E-state index contributed by atoms with van der Waals surface area (Å²) in [6.45, 7) is 0.488. The van der Waals surface area contributed by atoms with Crippen LogP contribution in [0.25, 0.3) is 0 Å². The van der Waals surface area contributed by atoms with Gasteiger partial charge in [-0.2, -0.15) is 0 Å². The number of nitrogens with zero attached hydrogens (tertiary/aromatic N) is 1. The molecule has 1 atom stereocenters. The summed E-state index contributed by atoms with van der Waals surface area (Å²) in [6, 6.07) is 16.0. The smallest absolute Gasteiger partial charge is 0.234 e. The molecule has 2 aromatic carbocycles. The van der Waals surface area contributed by atoms with Gasteiger partial charge in [0, 0.05) is 19.3 Å². The lowest BCUT2D eigenvalue weighted by atomic mass is 9.77. The first-order chi connectivity index (χ1) is 9.70. The third-order valence-electron chi connectivity index (χ3n) is 4.02. The van der Waals surface area contributed by atoms with Crippen LogP contribution in [0.2, 0.25) is 0 Å². The summed E-state index contributed by atoms with van der Waals surface area (Å²) in [6.07, 6.45) is 0.843. The molecule has 0 aromatic heterocycles. The third kappa shape index (κ3) is 2.10. The Hall–Kier alpha value is -2.13. The van der Waals surface area contributed by atoms with Crippen LogP contribution in [0.1, 0.15) is 22.6 Å². The van der Waals surface area contributed by atoms with E-state index in [4.69, 9.17) is 5.73 Å². The number of carbonyl (C=O) groups is 1. The average Bonchev–Trinajstić information content (AvgIpc) is 2.47. The van der Waals surface area contributed by atoms with Crippen molar-refractivity contribution in [2.24, 2.45) is 5.73 Å². The number of rotatable bonds is 3. The zero-order valence-electron chi connectivity index (χ0n) is 11.5. The minimum Gasteiger partial charge on any atom is -0.326 e. The highest BCUT2D eigenvalue weighted by molar-refractivity contribution is 5.99. The standard InChI is InChI=1S/C17H18N2O/c1-19(14-7-4-5-12(9-14)11-18)17(20)16-10-13-6-2-3-8-15(13)16/h2-9,16H,10-11,18H2,1H3. The van der Waals surface area contributed by atoms with Crippen LogP contribution in [0.15, 0.2) is 48.5 Å². The van der Waals surface area contributed by atoms with Crippen LogP contribution in [0.4, 0.5) is 5.69 Å². The Kier molecular flexibility index (Phi) is 3.28. The Bertz CT molecular complexity index is 651. The van der Waals surface area contributed by atoms with Crippen LogP contribution in [0, 0.1) is 0 Å². The molecular formula is C17H18N2O. The number of hydrogen-bond donors (Lipinski definition) is 1. The Morgan fingerprint density at radius 2 is 2.05 bits per heavy atom. The van der Waals surface area contributed by atoms with E-state index in [2.05, 4.69) is 6.07 Å². The number of carbonyl (C=O) groups excluding carboxylic acids is 1. The number of fused-ring (bicyclic) bond motifs is 1. The molecule has 2 N–H and O–H groups in total. The zero-order valence-corrected chi connectivity index (χ0v) is 11.5. The minimum absolute atomic E-state index is 0.00210. The molecule has 0 bridgehead atoms. The maximum absolute atomic E-state index is 12.6. The fourth-order valence-corrected chi connectivity index (χ4v) is 2.73. The number of likely N-dealkylation sites (N-methyl/N-ethyl adjacent to an activating group) is 1. The van der Waals surface area contributed by atoms with Crippen molar-refractivity contribution in [3.63, 3.8) is 0 Å². The van der Waals surface area contributed by atoms with E-state index >= 15 is 0 Å². The van der Waals surface area contributed by atoms with Gasteiger partial charge in [0.25, 0.3) is 0 Å². The number of benzene rings is 2. The molecule has 3 rings (SSSR count). The van der Waals surface area contributed by atoms with Crippen molar-refractivity contribution in [3.05, 3.63) is 65.2 Å². The first-order valence-corrected chi connectivity index (χ1v) is 6.85. The fraction of sp³-hybridized carbons (Fsp3) is 0.235. The maximum atomic E-state index is 12.6. The highest BCUT2D eigenvalue weighted by Gasteiger charge is 2.33. The lowest BCUT2D eigenvalue weighted by Crippen LogP contribution is -2.37. The van der Waals surface area contributed by atoms with Gasteiger partial charge in [-0.25, -0.2) is 0 Å². The Balaban J connectivity index is 1.81. The van der Waals surface area contributed by atoms with Gasteiger partial charge in [-0.3, -0.25) is 4.79 Å². The van der Waals surface area contributed by atoms with Crippen molar-refractivity contribution in [2.45, 2.75) is 18.9 Å². The SMILES string of the molecule is CN(C(=O)C1Cc2ccccc21)c1cccc(CN)c1. The Morgan fingerprint density at radius 3 is 2.80 bits per heavy atom. The van der Waals surface area contributed by atoms with E-state index in [-0.39, 0.29) is 11.8 Å². The molecule has 102 valence electrons. The van der Waals surface area contributed by atoms with E-state index in [1.807, 2.05) is 49.5 Å². The average molecular weight is 266 g/mol. The molecular weight excluding hydrogens is 248 g/mol. The minimum atomic E-state index is -0.00210. The van der Waals surface area contributed by atoms with Crippen LogP contribution in [0.5, 0.6) is 0 Å². The van der Waals surface area contributed by atoms with Gasteiger partial charge in [-0.1, -0.05) is 36.4 Å². The predicted molar refractivity (Wildman–Crippen MR) is 80.6 cm³/mol. The summed E-state index contributed by atoms with van der Waals surface area (Å²) in [5.74, 6) is 0.149. The molecule has 1 aliphatic carbocycles. The van der Waals surface area contributed by atoms with Crippen molar-refractivity contribution in [1.82, 2.24) is 0 Å². The Labute approximate surface area is 119 Å². The van der Waals surface area contributed by atoms with Gasteiger partial charge in [0.05, 0.1) is 5.92 Å². The molecule has 1 unspecified atom stereocenters. The van der Waals surface area contributed by atoms with Crippen LogP contribution < -0.4 is 10.6 Å². The fourth-order valence-electron chi connectivity index (χ4n) is 2.73. The highest BCUT2D eigenvalue weighted by Crippen LogP contribution is 2.36. The van der Waals surface area contributed by atoms with Crippen molar-refractivity contribution in [3.8, 4) is 0 Å². The number of nitrogens with two attached hydrogens (primary N) is 1. The van der Waals surface area contributed by atoms with Gasteiger partial charge >= 0.3 is 0 Å². The number of amides is 1. The summed E-state index contributed by atoms with van der Waals surface area (Å²) in [5.41, 5.74) is 10.0. The highest BCUT2D eigenvalue weighted by atomic mass is 16.2. The van der Waals surface area contributed by atoms with Crippen LogP contribution in [0.3, 0.4) is 0 Å². The van der Waals surface area contributed by atoms with Crippen LogP contribution in [-0.2, 0) is 17.8 Å². The van der Waals surface area contributed by atoms with Crippen molar-refractivity contribution < 1.29 is 4.79 Å². The molecule has 3 nitrogen and oxygen atoms in total. The van der Waals surface area contributed by atoms with Crippen molar-refractivity contribution in [2.75, 3.05) is 11.9 Å². The van der Waals surface area contributed by atoms with Gasteiger partial charge < -0.3 is 10.6 Å². The number of anilines is 1. The van der Waals surface area contributed by atoms with E-state index in [1.54, 1.807) is 4.90 Å². The Morgan fingerprint density at radius 1 is 1.25 bits per heavy atom. The largest absolute Gasteiger partial charge is 0.326 e. The monoisotopic (exact) mass is 266 g/mol. The van der Waals surface area contributed by atoms with E-state index in [1.165, 1.54) is 11.1 Å². The van der Waals surface area contributed by atoms with Gasteiger partial charge in [-0.05, 0) is 35.2 Å². The lowest BCUT2D eigenvalue weighted by molar-refractivity contribution is -0.120. The first-order valence-electron chi connectivity index (χ1n) is 6.85. The van der Waals surface area contributed by atoms with E-state index in [0.717, 1.165) is 17.7 Å². The van der Waals surface area contributed by atoms with Crippen LogP contribution >= 0.6 is 0 Å². The lowest BCUT2D eigenvalue weighted by Gasteiger charge is -2.32. The molecule has 0 aliphatic heterocycles. The van der Waals surface area contributed by atoms with Crippen molar-refractivity contribution >= 4 is 11.6 Å². The van der Waals surface area contributed by atoms with Gasteiger partial charge in [-0.15, -0.1) is 0 Å². The van der Waals surface area contributed by atoms with Gasteiger partial charge in [0.1, 0.15) is 0 Å². The van der Waals surface area contributed by atoms with E-state index < -0.39 is 0 Å². The molecule has 2 aromatic rings. The second-order valence-corrected chi connectivity index (χ2v) is 5.23. The van der Waals surface area contributed by atoms with E-state index in [0.29, 0.717) is 6.54 Å². The summed E-state index contributed by atoms with van der Waals surface area (Å²) in [5, 5.41) is 0. The van der Waals surface area contributed by atoms with Gasteiger partial charge in [0.2, 0.25) is 5.91 Å². The second kappa shape index (κ2) is 5.10. The summed E-state index contributed by atoms with van der Waals surface area (Å²) in [7, 11) is 1.83. The molecule has 0 saturated carbocycles. The molecule has 0 spiro atoms. The quantitative estimate of drug-likeness (QED) is 0.927.